The first-order valence-corrected chi connectivity index (χ1v) is 5.69. The van der Waals surface area contributed by atoms with Crippen LogP contribution in [0.1, 0.15) is 5.56 Å². The highest BCUT2D eigenvalue weighted by molar-refractivity contribution is 9.25. The van der Waals surface area contributed by atoms with E-state index < -0.39 is 2.69 Å². The van der Waals surface area contributed by atoms with Crippen molar-refractivity contribution >= 4 is 59.4 Å². The first-order chi connectivity index (χ1) is 5.41. The van der Waals surface area contributed by atoms with E-state index in [1.54, 1.807) is 12.1 Å². The summed E-state index contributed by atoms with van der Waals surface area (Å²) in [5.41, 5.74) is 0.354. The zero-order chi connectivity index (χ0) is 9.35. The third-order valence-electron chi connectivity index (χ3n) is 1.24. The first kappa shape index (κ1) is 11.0. The molecule has 12 heavy (non-hydrogen) atoms. The molecule has 0 aromatic heterocycles. The van der Waals surface area contributed by atoms with Crippen LogP contribution in [0.15, 0.2) is 22.7 Å². The molecule has 1 aromatic carbocycles. The number of halogens is 5. The molecule has 5 heteroatoms. The van der Waals surface area contributed by atoms with Gasteiger partial charge in [-0.3, -0.25) is 0 Å². The second-order valence-electron chi connectivity index (χ2n) is 2.12. The van der Waals surface area contributed by atoms with Crippen LogP contribution in [0.4, 0.5) is 4.39 Å². The van der Waals surface area contributed by atoms with Crippen molar-refractivity contribution in [2.45, 2.75) is 2.69 Å². The standard InChI is InChI=1S/C7H3Br3ClF/c8-4-1-2-5(6(12)3-4)7(9,10)11/h1-3H. The summed E-state index contributed by atoms with van der Waals surface area (Å²) in [5, 5.41) is 0. The van der Waals surface area contributed by atoms with Gasteiger partial charge in [-0.25, -0.2) is 4.39 Å². The maximum atomic E-state index is 13.2. The fraction of sp³-hybridized carbons (Fsp3) is 0.143. The Morgan fingerprint density at radius 2 is 1.92 bits per heavy atom. The highest BCUT2D eigenvalue weighted by atomic mass is 79.9. The van der Waals surface area contributed by atoms with Crippen molar-refractivity contribution in [1.29, 1.82) is 0 Å². The predicted octanol–water partition coefficient (Wildman–Crippen LogP) is 4.73. The molecule has 0 heterocycles. The van der Waals surface area contributed by atoms with E-state index in [4.69, 9.17) is 11.6 Å². The van der Waals surface area contributed by atoms with Gasteiger partial charge < -0.3 is 0 Å². The Kier molecular flexibility index (Phi) is 3.60. The molecule has 0 aliphatic rings. The van der Waals surface area contributed by atoms with Crippen molar-refractivity contribution in [1.82, 2.24) is 0 Å². The second kappa shape index (κ2) is 3.95. The van der Waals surface area contributed by atoms with E-state index >= 15 is 0 Å². The van der Waals surface area contributed by atoms with Gasteiger partial charge in [-0.15, -0.1) is 0 Å². The number of benzene rings is 1. The van der Waals surface area contributed by atoms with Gasteiger partial charge in [0.2, 0.25) is 0 Å². The van der Waals surface area contributed by atoms with Crippen LogP contribution in [0.5, 0.6) is 0 Å². The van der Waals surface area contributed by atoms with E-state index in [1.165, 1.54) is 6.07 Å². The zero-order valence-corrected chi connectivity index (χ0v) is 11.1. The van der Waals surface area contributed by atoms with Crippen LogP contribution in [-0.4, -0.2) is 0 Å². The molecule has 0 nitrogen and oxygen atoms in total. The van der Waals surface area contributed by atoms with Gasteiger partial charge in [-0.1, -0.05) is 33.6 Å². The van der Waals surface area contributed by atoms with Gasteiger partial charge in [-0.05, 0) is 44.0 Å². The number of rotatable bonds is 1. The van der Waals surface area contributed by atoms with Crippen LogP contribution in [0, 0.1) is 5.82 Å². The fourth-order valence-corrected chi connectivity index (χ4v) is 1.85. The average molecular weight is 381 g/mol. The Bertz CT molecular complexity index is 295. The van der Waals surface area contributed by atoms with Crippen molar-refractivity contribution in [2.75, 3.05) is 0 Å². The topological polar surface area (TPSA) is 0 Å². The molecule has 0 saturated carbocycles. The fourth-order valence-electron chi connectivity index (χ4n) is 0.719. The number of hydrogen-bond donors (Lipinski definition) is 0. The van der Waals surface area contributed by atoms with Crippen molar-refractivity contribution in [3.05, 3.63) is 34.1 Å². The van der Waals surface area contributed by atoms with Crippen LogP contribution < -0.4 is 0 Å². The highest BCUT2D eigenvalue weighted by Gasteiger charge is 2.25. The molecule has 0 aliphatic heterocycles. The summed E-state index contributed by atoms with van der Waals surface area (Å²) in [6, 6.07) is 4.67. The van der Waals surface area contributed by atoms with Crippen LogP contribution in [0.2, 0.25) is 0 Å². The van der Waals surface area contributed by atoms with E-state index in [2.05, 4.69) is 47.8 Å². The molecule has 0 saturated heterocycles. The lowest BCUT2D eigenvalue weighted by molar-refractivity contribution is 0.614. The molecule has 66 valence electrons. The molecule has 0 atom stereocenters. The van der Waals surface area contributed by atoms with E-state index in [0.717, 1.165) is 0 Å². The minimum atomic E-state index is -1.02. The van der Waals surface area contributed by atoms with E-state index in [0.29, 0.717) is 10.0 Å². The minimum Gasteiger partial charge on any atom is -0.207 e. The highest BCUT2D eigenvalue weighted by Crippen LogP contribution is 2.43. The van der Waals surface area contributed by atoms with Crippen LogP contribution in [-0.2, 0) is 2.69 Å². The summed E-state index contributed by atoms with van der Waals surface area (Å²) in [5.74, 6) is -0.367. The summed E-state index contributed by atoms with van der Waals surface area (Å²) in [4.78, 5) is 0. The summed E-state index contributed by atoms with van der Waals surface area (Å²) in [6.45, 7) is 0. The molecule has 1 rings (SSSR count). The van der Waals surface area contributed by atoms with Gasteiger partial charge in [0.1, 0.15) is 5.82 Å². The molecule has 0 aliphatic carbocycles. The van der Waals surface area contributed by atoms with Crippen LogP contribution in [0.3, 0.4) is 0 Å². The summed E-state index contributed by atoms with van der Waals surface area (Å²) in [7, 11) is 0. The molecule has 0 spiro atoms. The Labute approximate surface area is 99.9 Å². The Hall–Kier alpha value is 0.880. The van der Waals surface area contributed by atoms with E-state index in [1.807, 2.05) is 0 Å². The molecule has 0 unspecified atom stereocenters. The number of hydrogen-bond acceptors (Lipinski definition) is 0. The van der Waals surface area contributed by atoms with Gasteiger partial charge in [0.05, 0.1) is 0 Å². The molecule has 0 bridgehead atoms. The van der Waals surface area contributed by atoms with Crippen molar-refractivity contribution in [2.24, 2.45) is 0 Å². The Balaban J connectivity index is 3.19. The lowest BCUT2D eigenvalue weighted by Gasteiger charge is -2.12. The summed E-state index contributed by atoms with van der Waals surface area (Å²) < 4.78 is 12.8. The smallest absolute Gasteiger partial charge is 0.181 e. The van der Waals surface area contributed by atoms with Gasteiger partial charge in [-0.2, -0.15) is 0 Å². The summed E-state index contributed by atoms with van der Waals surface area (Å²) >= 11 is 15.1. The predicted molar refractivity (Wildman–Crippen MR) is 59.5 cm³/mol. The lowest BCUT2D eigenvalue weighted by Crippen LogP contribution is -2.01. The molecule has 0 fully saturated rings. The Morgan fingerprint density at radius 3 is 2.33 bits per heavy atom. The first-order valence-electron chi connectivity index (χ1n) is 2.93. The SMILES string of the molecule is Fc1cc(Br)ccc1C(Cl)(Br)Br. The molecule has 0 amide bonds. The Morgan fingerprint density at radius 1 is 1.33 bits per heavy atom. The third-order valence-corrected chi connectivity index (χ3v) is 2.79. The monoisotopic (exact) mass is 378 g/mol. The lowest BCUT2D eigenvalue weighted by atomic mass is 10.2. The second-order valence-corrected chi connectivity index (χ2v) is 7.96. The minimum absolute atomic E-state index is 0.354. The van der Waals surface area contributed by atoms with Gasteiger partial charge in [0.15, 0.2) is 2.69 Å². The van der Waals surface area contributed by atoms with E-state index in [-0.39, 0.29) is 5.82 Å². The van der Waals surface area contributed by atoms with E-state index in [9.17, 15) is 4.39 Å². The van der Waals surface area contributed by atoms with Crippen molar-refractivity contribution in [3.63, 3.8) is 0 Å². The maximum absolute atomic E-state index is 13.2. The van der Waals surface area contributed by atoms with Crippen LogP contribution >= 0.6 is 59.4 Å². The molecule has 1 aromatic rings. The maximum Gasteiger partial charge on any atom is 0.181 e. The van der Waals surface area contributed by atoms with Crippen molar-refractivity contribution < 1.29 is 4.39 Å². The van der Waals surface area contributed by atoms with Crippen LogP contribution in [0.25, 0.3) is 0 Å². The third kappa shape index (κ3) is 2.69. The quantitative estimate of drug-likeness (QED) is 0.618. The van der Waals surface area contributed by atoms with Gasteiger partial charge in [0, 0.05) is 10.0 Å². The molecule has 0 N–H and O–H groups in total. The number of alkyl halides is 3. The largest absolute Gasteiger partial charge is 0.207 e. The normalized spacial score (nSPS) is 11.8. The molecular weight excluding hydrogens is 378 g/mol. The molecular formula is C7H3Br3ClF. The van der Waals surface area contributed by atoms with Gasteiger partial charge >= 0.3 is 0 Å². The molecule has 0 radical (unpaired) electrons. The average Bonchev–Trinajstić information content (AvgIpc) is 1.83. The van der Waals surface area contributed by atoms with Crippen molar-refractivity contribution in [3.8, 4) is 0 Å². The van der Waals surface area contributed by atoms with Gasteiger partial charge in [0.25, 0.3) is 0 Å². The zero-order valence-electron chi connectivity index (χ0n) is 5.62. The summed E-state index contributed by atoms with van der Waals surface area (Å²) in [6.07, 6.45) is 0.